The van der Waals surface area contributed by atoms with E-state index in [1.54, 1.807) is 0 Å². The average molecular weight is 1430 g/mol. The Kier molecular flexibility index (Phi) is 68.5. The van der Waals surface area contributed by atoms with Crippen molar-refractivity contribution in [2.75, 3.05) is 39.6 Å². The molecule has 3 N–H and O–H groups in total. The molecule has 0 saturated heterocycles. The van der Waals surface area contributed by atoms with Gasteiger partial charge in [-0.05, 0) is 63.2 Å². The van der Waals surface area contributed by atoms with Crippen LogP contribution >= 0.6 is 15.6 Å². The van der Waals surface area contributed by atoms with Crippen LogP contribution in [0.4, 0.5) is 0 Å². The molecule has 578 valence electrons. The van der Waals surface area contributed by atoms with Gasteiger partial charge in [0.05, 0.1) is 26.4 Å². The van der Waals surface area contributed by atoms with E-state index in [1.165, 1.54) is 180 Å². The second kappa shape index (κ2) is 70.2. The van der Waals surface area contributed by atoms with Gasteiger partial charge in [-0.3, -0.25) is 37.3 Å². The van der Waals surface area contributed by atoms with Crippen molar-refractivity contribution in [1.29, 1.82) is 0 Å². The molecule has 0 aromatic rings. The highest BCUT2D eigenvalue weighted by atomic mass is 31.2. The average Bonchev–Trinajstić information content (AvgIpc) is 1.08. The fourth-order valence-corrected chi connectivity index (χ4v) is 13.2. The Morgan fingerprint density at radius 2 is 0.571 bits per heavy atom. The van der Waals surface area contributed by atoms with Gasteiger partial charge >= 0.3 is 39.5 Å². The molecule has 0 spiro atoms. The number of carbonyl (C=O) groups is 4. The van der Waals surface area contributed by atoms with E-state index in [0.717, 1.165) is 127 Å². The zero-order valence-corrected chi connectivity index (χ0v) is 65.4. The number of phosphoric ester groups is 2. The Balaban J connectivity index is 5.23. The lowest BCUT2D eigenvalue weighted by molar-refractivity contribution is -0.161. The molecule has 0 aliphatic rings. The van der Waals surface area contributed by atoms with E-state index < -0.39 is 97.5 Å². The normalized spacial score (nSPS) is 14.7. The maximum atomic E-state index is 13.1. The van der Waals surface area contributed by atoms with Crippen molar-refractivity contribution in [2.24, 2.45) is 11.8 Å². The Morgan fingerprint density at radius 3 is 0.867 bits per heavy atom. The Hall–Kier alpha value is -2.46. The molecule has 0 aromatic heterocycles. The molecule has 19 heteroatoms. The number of esters is 4. The second-order valence-electron chi connectivity index (χ2n) is 28.3. The first kappa shape index (κ1) is 95.5. The minimum absolute atomic E-state index is 0.0847. The summed E-state index contributed by atoms with van der Waals surface area (Å²) in [6.07, 6.45) is 61.8. The number of ether oxygens (including phenoxy) is 4. The third kappa shape index (κ3) is 69.3. The summed E-state index contributed by atoms with van der Waals surface area (Å²) in [6, 6.07) is 0. The highest BCUT2D eigenvalue weighted by molar-refractivity contribution is 7.47. The summed E-state index contributed by atoms with van der Waals surface area (Å²) in [5.41, 5.74) is 0. The van der Waals surface area contributed by atoms with Crippen molar-refractivity contribution < 1.29 is 80.2 Å². The van der Waals surface area contributed by atoms with E-state index >= 15 is 0 Å². The lowest BCUT2D eigenvalue weighted by atomic mass is 9.99. The van der Waals surface area contributed by atoms with Crippen molar-refractivity contribution in [3.8, 4) is 0 Å². The monoisotopic (exact) mass is 1430 g/mol. The number of hydrogen-bond donors (Lipinski definition) is 3. The van der Waals surface area contributed by atoms with E-state index in [0.29, 0.717) is 25.7 Å². The predicted octanol–water partition coefficient (Wildman–Crippen LogP) is 23.1. The SMILES string of the molecule is CCCCCC/C=C\C=C/CCCCCCCC(=O)O[C@H](COC(=O)CCCCCCCCC)COP(=O)(O)OC[C@H](O)COP(=O)(O)OC[C@@H](COC(=O)CCCCCCCCCCCCCCCCC(C)CC)OC(=O)CCCCCCCCCCCCCCCCC(C)CC. The van der Waals surface area contributed by atoms with Crippen molar-refractivity contribution in [3.63, 3.8) is 0 Å². The van der Waals surface area contributed by atoms with Gasteiger partial charge in [0.15, 0.2) is 12.2 Å². The van der Waals surface area contributed by atoms with Crippen molar-refractivity contribution in [3.05, 3.63) is 24.3 Å². The van der Waals surface area contributed by atoms with Crippen LogP contribution in [0.2, 0.25) is 0 Å². The molecule has 0 aliphatic heterocycles. The molecule has 0 amide bonds. The lowest BCUT2D eigenvalue weighted by Crippen LogP contribution is -2.30. The molecular weight excluding hydrogens is 1280 g/mol. The number of allylic oxidation sites excluding steroid dienone is 4. The minimum atomic E-state index is -4.96. The summed E-state index contributed by atoms with van der Waals surface area (Å²) in [7, 11) is -9.92. The van der Waals surface area contributed by atoms with Gasteiger partial charge in [0.25, 0.3) is 0 Å². The minimum Gasteiger partial charge on any atom is -0.462 e. The first-order valence-electron chi connectivity index (χ1n) is 40.4. The molecule has 0 saturated carbocycles. The van der Waals surface area contributed by atoms with Gasteiger partial charge in [-0.2, -0.15) is 0 Å². The van der Waals surface area contributed by atoms with Gasteiger partial charge in [0, 0.05) is 25.7 Å². The first-order chi connectivity index (χ1) is 47.4. The molecule has 0 fully saturated rings. The molecule has 4 unspecified atom stereocenters. The molecule has 0 bridgehead atoms. The van der Waals surface area contributed by atoms with Gasteiger partial charge in [0.1, 0.15) is 19.3 Å². The molecule has 0 heterocycles. The maximum Gasteiger partial charge on any atom is 0.472 e. The number of carbonyl (C=O) groups excluding carboxylic acids is 4. The highest BCUT2D eigenvalue weighted by Crippen LogP contribution is 2.45. The summed E-state index contributed by atoms with van der Waals surface area (Å²) in [5.74, 6) is -0.453. The van der Waals surface area contributed by atoms with Crippen molar-refractivity contribution >= 4 is 39.5 Å². The third-order valence-corrected chi connectivity index (χ3v) is 20.5. The highest BCUT2D eigenvalue weighted by Gasteiger charge is 2.30. The Labute approximate surface area is 599 Å². The summed E-state index contributed by atoms with van der Waals surface area (Å²) in [6.45, 7) is 9.62. The summed E-state index contributed by atoms with van der Waals surface area (Å²) >= 11 is 0. The molecule has 17 nitrogen and oxygen atoms in total. The predicted molar refractivity (Wildman–Crippen MR) is 400 cm³/mol. The smallest absolute Gasteiger partial charge is 0.462 e. The van der Waals surface area contributed by atoms with Crippen LogP contribution in [0, 0.1) is 11.8 Å². The molecule has 0 radical (unpaired) electrons. The summed E-state index contributed by atoms with van der Waals surface area (Å²) in [4.78, 5) is 72.8. The Morgan fingerprint density at radius 1 is 0.327 bits per heavy atom. The fourth-order valence-electron chi connectivity index (χ4n) is 11.6. The number of unbranched alkanes of at least 4 members (excludes halogenated alkanes) is 41. The van der Waals surface area contributed by atoms with Gasteiger partial charge in [0.2, 0.25) is 0 Å². The molecule has 98 heavy (non-hydrogen) atoms. The van der Waals surface area contributed by atoms with E-state index in [-0.39, 0.29) is 25.7 Å². The van der Waals surface area contributed by atoms with Crippen LogP contribution in [-0.4, -0.2) is 96.7 Å². The number of aliphatic hydroxyl groups excluding tert-OH is 1. The first-order valence-corrected chi connectivity index (χ1v) is 43.4. The third-order valence-electron chi connectivity index (χ3n) is 18.6. The summed E-state index contributed by atoms with van der Waals surface area (Å²) < 4.78 is 68.5. The molecule has 0 rings (SSSR count). The number of phosphoric acid groups is 2. The van der Waals surface area contributed by atoms with E-state index in [4.69, 9.17) is 37.0 Å². The van der Waals surface area contributed by atoms with Crippen molar-refractivity contribution in [1.82, 2.24) is 0 Å². The fraction of sp³-hybridized carbons (Fsp3) is 0.899. The topological polar surface area (TPSA) is 237 Å². The largest absolute Gasteiger partial charge is 0.472 e. The van der Waals surface area contributed by atoms with Crippen LogP contribution in [-0.2, 0) is 65.4 Å². The van der Waals surface area contributed by atoms with Crippen LogP contribution < -0.4 is 0 Å². The van der Waals surface area contributed by atoms with E-state index in [2.05, 4.69) is 65.8 Å². The van der Waals surface area contributed by atoms with Gasteiger partial charge in [-0.1, -0.05) is 336 Å². The van der Waals surface area contributed by atoms with Crippen molar-refractivity contribution in [2.45, 2.75) is 407 Å². The second-order valence-corrected chi connectivity index (χ2v) is 31.2. The maximum absolute atomic E-state index is 13.1. The quantitative estimate of drug-likeness (QED) is 0.0169. The van der Waals surface area contributed by atoms with Crippen LogP contribution in [0.1, 0.15) is 388 Å². The van der Waals surface area contributed by atoms with E-state index in [9.17, 15) is 43.2 Å². The van der Waals surface area contributed by atoms with Crippen LogP contribution in [0.5, 0.6) is 0 Å². The van der Waals surface area contributed by atoms with Crippen LogP contribution in [0.3, 0.4) is 0 Å². The number of rotatable bonds is 76. The van der Waals surface area contributed by atoms with Crippen LogP contribution in [0.25, 0.3) is 0 Å². The standard InChI is InChI=1S/C79H150O17P2/c1-7-11-13-15-17-18-19-20-21-29-34-39-45-51-57-63-78(83)95-74(67-89-76(81)61-55-49-41-16-14-12-8-2)69-93-97(85,86)91-65-73(80)66-92-98(87,88)94-70-75(96-79(84)64-58-52-46-40-35-30-25-23-27-32-37-43-48-54-60-72(6)10-4)68-90-77(82)62-56-50-44-38-33-28-24-22-26-31-36-42-47-53-59-71(5)9-3/h18-21,71-75,80H,7-17,22-70H2,1-6H3,(H,85,86)(H,87,88)/b19-18-,21-20-/t71?,72?,73-,74+,75+/m0/s1. The number of aliphatic hydroxyl groups is 1. The number of hydrogen-bond acceptors (Lipinski definition) is 15. The zero-order chi connectivity index (χ0) is 72.1. The lowest BCUT2D eigenvalue weighted by Gasteiger charge is -2.21. The Bertz CT molecular complexity index is 1990. The molecule has 0 aromatic carbocycles. The molecule has 7 atom stereocenters. The molecule has 0 aliphatic carbocycles. The van der Waals surface area contributed by atoms with Gasteiger partial charge in [-0.25, -0.2) is 9.13 Å². The van der Waals surface area contributed by atoms with E-state index in [1.807, 2.05) is 0 Å². The molecular formula is C79H150O17P2. The zero-order valence-electron chi connectivity index (χ0n) is 63.6. The summed E-state index contributed by atoms with van der Waals surface area (Å²) in [5, 5.41) is 10.6. The van der Waals surface area contributed by atoms with Gasteiger partial charge < -0.3 is 33.8 Å². The van der Waals surface area contributed by atoms with Crippen LogP contribution in [0.15, 0.2) is 24.3 Å². The van der Waals surface area contributed by atoms with Gasteiger partial charge in [-0.15, -0.1) is 0 Å².